The van der Waals surface area contributed by atoms with Crippen LogP contribution in [0, 0.1) is 5.92 Å². The van der Waals surface area contributed by atoms with Crippen LogP contribution in [-0.4, -0.2) is 66.8 Å². The first-order valence-electron chi connectivity index (χ1n) is 11.9. The number of nitrogens with one attached hydrogen (secondary N) is 1. The van der Waals surface area contributed by atoms with Crippen molar-refractivity contribution < 1.29 is 33.2 Å². The van der Waals surface area contributed by atoms with E-state index < -0.39 is 32.2 Å². The van der Waals surface area contributed by atoms with Crippen molar-refractivity contribution in [1.29, 1.82) is 0 Å². The number of carbonyl (C=O) groups is 1. The number of nitrogen functional groups attached to an aromatic ring is 1. The third kappa shape index (κ3) is 8.86. The van der Waals surface area contributed by atoms with Crippen LogP contribution < -0.4 is 11.1 Å². The number of hydrogen-bond donors (Lipinski definition) is 4. The van der Waals surface area contributed by atoms with Crippen LogP contribution in [0.25, 0.3) is 11.2 Å². The lowest BCUT2D eigenvalue weighted by Crippen LogP contribution is -2.39. The molecule has 1 aliphatic rings. The maximum absolute atomic E-state index is 12.2. The predicted octanol–water partition coefficient (Wildman–Crippen LogP) is 2.07. The van der Waals surface area contributed by atoms with Gasteiger partial charge in [0.05, 0.1) is 6.33 Å². The van der Waals surface area contributed by atoms with Crippen LogP contribution in [0.3, 0.4) is 0 Å². The number of rotatable bonds is 13. The highest BCUT2D eigenvalue weighted by Crippen LogP contribution is 2.44. The lowest BCUT2D eigenvalue weighted by molar-refractivity contribution is -0.126. The van der Waals surface area contributed by atoms with E-state index in [0.29, 0.717) is 17.1 Å². The summed E-state index contributed by atoms with van der Waals surface area (Å²) in [4.78, 5) is 48.1. The summed E-state index contributed by atoms with van der Waals surface area (Å²) in [5.41, 5.74) is 7.89. The molecule has 0 radical (unpaired) electrons. The number of carbonyl (C=O) groups excluding carboxylic acids is 1. The van der Waals surface area contributed by atoms with Gasteiger partial charge in [-0.15, -0.1) is 0 Å². The highest BCUT2D eigenvalue weighted by Gasteiger charge is 2.41. The van der Waals surface area contributed by atoms with Crippen LogP contribution in [0.5, 0.6) is 0 Å². The Balaban J connectivity index is 1.50. The molecular formula is C22H34N7O7P. The van der Waals surface area contributed by atoms with Crippen molar-refractivity contribution in [1.82, 2.24) is 24.8 Å². The summed E-state index contributed by atoms with van der Waals surface area (Å²) in [7, 11) is -4.82. The third-order valence-electron chi connectivity index (χ3n) is 5.72. The fraction of sp³-hybridized carbons (Fsp3) is 0.591. The molecule has 37 heavy (non-hydrogen) atoms. The van der Waals surface area contributed by atoms with Crippen molar-refractivity contribution in [2.24, 2.45) is 11.1 Å². The van der Waals surface area contributed by atoms with E-state index in [-0.39, 0.29) is 25.4 Å². The number of phosphoric acid groups is 1. The van der Waals surface area contributed by atoms with Gasteiger partial charge in [-0.3, -0.25) is 13.9 Å². The van der Waals surface area contributed by atoms with E-state index in [1.807, 2.05) is 0 Å². The number of anilines is 1. The van der Waals surface area contributed by atoms with Crippen molar-refractivity contribution in [2.75, 3.05) is 18.9 Å². The summed E-state index contributed by atoms with van der Waals surface area (Å²) in [6.07, 6.45) is 6.84. The van der Waals surface area contributed by atoms with Gasteiger partial charge in [-0.05, 0) is 39.0 Å². The molecule has 0 aromatic carbocycles. The van der Waals surface area contributed by atoms with Gasteiger partial charge in [0.2, 0.25) is 0 Å². The Hall–Kier alpha value is -2.90. The number of amides is 1. The van der Waals surface area contributed by atoms with E-state index in [0.717, 1.165) is 19.3 Å². The second kappa shape index (κ2) is 13.1. The zero-order valence-electron chi connectivity index (χ0n) is 21.1. The van der Waals surface area contributed by atoms with Gasteiger partial charge in [0.15, 0.2) is 18.1 Å². The SMILES string of the molecule is CC(C)=CCCC(C)CC=NOCC(=O)NC[C@H]1O[C@@H](n2cnc3c(N)ncnc32)C[C@@H]1OP(=O)(O)O. The minimum Gasteiger partial charge on any atom is -0.386 e. The first-order valence-corrected chi connectivity index (χ1v) is 13.4. The first kappa shape index (κ1) is 28.7. The second-order valence-electron chi connectivity index (χ2n) is 9.15. The molecule has 1 amide bonds. The normalized spacial score (nSPS) is 20.8. The van der Waals surface area contributed by atoms with Gasteiger partial charge in [0.25, 0.3) is 5.91 Å². The minimum absolute atomic E-state index is 0.0712. The summed E-state index contributed by atoms with van der Waals surface area (Å²) in [5, 5.41) is 6.44. The van der Waals surface area contributed by atoms with Crippen LogP contribution in [0.2, 0.25) is 0 Å². The molecule has 5 N–H and O–H groups in total. The predicted molar refractivity (Wildman–Crippen MR) is 135 cm³/mol. The quantitative estimate of drug-likeness (QED) is 0.126. The minimum atomic E-state index is -4.82. The Morgan fingerprint density at radius 3 is 2.92 bits per heavy atom. The van der Waals surface area contributed by atoms with Crippen molar-refractivity contribution in [3.05, 3.63) is 24.3 Å². The number of ether oxygens (including phenoxy) is 1. The first-order chi connectivity index (χ1) is 17.5. The van der Waals surface area contributed by atoms with Gasteiger partial charge in [0, 0.05) is 19.2 Å². The highest BCUT2D eigenvalue weighted by atomic mass is 31.2. The van der Waals surface area contributed by atoms with Crippen molar-refractivity contribution in [3.8, 4) is 0 Å². The number of hydrogen-bond acceptors (Lipinski definition) is 10. The van der Waals surface area contributed by atoms with E-state index in [1.165, 1.54) is 18.2 Å². The second-order valence-corrected chi connectivity index (χ2v) is 10.3. The van der Waals surface area contributed by atoms with Gasteiger partial charge >= 0.3 is 7.82 Å². The lowest BCUT2D eigenvalue weighted by Gasteiger charge is -2.19. The standard InChI is InChI=1S/C22H34N7O7P/c1-14(2)5-4-6-15(3)7-8-28-34-11-18(30)24-10-17-16(36-37(31,32)33)9-19(35-17)29-13-27-20-21(23)25-12-26-22(20)29/h5,8,12-13,15-17,19H,4,6-7,9-11H2,1-3H3,(H,24,30)(H2,23,25,26)(H2,31,32,33)/t15?,16-,17+,19+/m0/s1. The highest BCUT2D eigenvalue weighted by molar-refractivity contribution is 7.46. The molecule has 2 aromatic rings. The number of nitrogens with zero attached hydrogens (tertiary/aromatic N) is 5. The van der Waals surface area contributed by atoms with Crippen LogP contribution in [0.1, 0.15) is 52.7 Å². The number of aromatic nitrogens is 4. The average Bonchev–Trinajstić information content (AvgIpc) is 3.40. The summed E-state index contributed by atoms with van der Waals surface area (Å²) in [5.74, 6) is 0.157. The van der Waals surface area contributed by atoms with Gasteiger partial charge in [-0.1, -0.05) is 23.7 Å². The number of oxime groups is 1. The molecule has 0 bridgehead atoms. The van der Waals surface area contributed by atoms with Gasteiger partial charge < -0.3 is 30.4 Å². The smallest absolute Gasteiger partial charge is 0.386 e. The third-order valence-corrected chi connectivity index (χ3v) is 6.26. The number of phosphoric ester groups is 1. The molecule has 1 aliphatic heterocycles. The summed E-state index contributed by atoms with van der Waals surface area (Å²) in [6, 6.07) is 0. The van der Waals surface area contributed by atoms with E-state index in [1.54, 1.807) is 10.8 Å². The molecule has 1 saturated heterocycles. The summed E-state index contributed by atoms with van der Waals surface area (Å²) < 4.78 is 23.9. The van der Waals surface area contributed by atoms with Gasteiger partial charge in [-0.2, -0.15) is 0 Å². The maximum Gasteiger partial charge on any atom is 0.469 e. The largest absolute Gasteiger partial charge is 0.469 e. The van der Waals surface area contributed by atoms with E-state index in [4.69, 9.17) is 19.8 Å². The molecule has 204 valence electrons. The van der Waals surface area contributed by atoms with Crippen molar-refractivity contribution in [3.63, 3.8) is 0 Å². The molecule has 2 aromatic heterocycles. The molecule has 1 unspecified atom stereocenters. The van der Waals surface area contributed by atoms with Crippen molar-refractivity contribution >= 4 is 36.9 Å². The molecule has 15 heteroatoms. The molecule has 0 aliphatic carbocycles. The molecule has 14 nitrogen and oxygen atoms in total. The molecule has 3 heterocycles. The summed E-state index contributed by atoms with van der Waals surface area (Å²) >= 11 is 0. The number of imidazole rings is 1. The Morgan fingerprint density at radius 1 is 1.41 bits per heavy atom. The Morgan fingerprint density at radius 2 is 2.19 bits per heavy atom. The van der Waals surface area contributed by atoms with Crippen LogP contribution in [0.4, 0.5) is 5.82 Å². The Labute approximate surface area is 214 Å². The molecular weight excluding hydrogens is 505 g/mol. The maximum atomic E-state index is 12.2. The van der Waals surface area contributed by atoms with E-state index in [9.17, 15) is 19.1 Å². The zero-order valence-corrected chi connectivity index (χ0v) is 22.0. The number of fused-ring (bicyclic) bond motifs is 1. The van der Waals surface area contributed by atoms with Crippen LogP contribution >= 0.6 is 7.82 Å². The molecule has 4 atom stereocenters. The molecule has 0 saturated carbocycles. The monoisotopic (exact) mass is 539 g/mol. The van der Waals surface area contributed by atoms with Crippen LogP contribution in [-0.2, 0) is 23.5 Å². The zero-order chi connectivity index (χ0) is 27.0. The fourth-order valence-electron chi connectivity index (χ4n) is 3.83. The van der Waals surface area contributed by atoms with E-state index >= 15 is 0 Å². The van der Waals surface area contributed by atoms with E-state index in [2.05, 4.69) is 52.3 Å². The topological polar surface area (TPSA) is 196 Å². The molecule has 3 rings (SSSR count). The van der Waals surface area contributed by atoms with Gasteiger partial charge in [-0.25, -0.2) is 19.5 Å². The molecule has 0 spiro atoms. The lowest BCUT2D eigenvalue weighted by atomic mass is 10.0. The van der Waals surface area contributed by atoms with Gasteiger partial charge in [0.1, 0.15) is 30.3 Å². The Kier molecular flexibility index (Phi) is 10.1. The van der Waals surface area contributed by atoms with Crippen molar-refractivity contribution in [2.45, 2.75) is 64.9 Å². The number of nitrogens with two attached hydrogens (primary N) is 1. The fourth-order valence-corrected chi connectivity index (χ4v) is 4.41. The average molecular weight is 540 g/mol. The molecule has 1 fully saturated rings. The van der Waals surface area contributed by atoms with Crippen LogP contribution in [0.15, 0.2) is 29.5 Å². The Bertz CT molecular complexity index is 1160. The summed E-state index contributed by atoms with van der Waals surface area (Å²) in [6.45, 7) is 5.88. The number of allylic oxidation sites excluding steroid dienone is 2.